The molecule has 1 aromatic carbocycles. The van der Waals surface area contributed by atoms with Gasteiger partial charge in [0.15, 0.2) is 0 Å². The van der Waals surface area contributed by atoms with Crippen LogP contribution >= 0.6 is 16.1 Å². The number of fused-ring (bicyclic) bond motifs is 1. The smallest absolute Gasteiger partial charge is 0.0600 e. The summed E-state index contributed by atoms with van der Waals surface area (Å²) in [6.07, 6.45) is 1.09. The molecule has 1 nitrogen and oxygen atoms in total. The molecule has 0 saturated carbocycles. The zero-order valence-electron chi connectivity index (χ0n) is 8.76. The Hall–Kier alpha value is -0.760. The second-order valence-electron chi connectivity index (χ2n) is 3.67. The minimum Gasteiger partial charge on any atom is -0.281 e. The summed E-state index contributed by atoms with van der Waals surface area (Å²) >= 11 is 3.59. The van der Waals surface area contributed by atoms with Crippen molar-refractivity contribution in [3.05, 3.63) is 35.0 Å². The first-order chi connectivity index (χ1) is 6.66. The standard InChI is InChI=1S/C12H14BrN/c1-4-10-9(3)14(13)11-7-5-6-8(2)12(10)11/h5-7H,4H2,1-3H3. The second kappa shape index (κ2) is 3.43. The molecule has 1 heterocycles. The van der Waals surface area contributed by atoms with E-state index in [0.29, 0.717) is 0 Å². The quantitative estimate of drug-likeness (QED) is 0.723. The molecular weight excluding hydrogens is 238 g/mol. The highest BCUT2D eigenvalue weighted by Gasteiger charge is 2.12. The van der Waals surface area contributed by atoms with Crippen LogP contribution in [0, 0.1) is 13.8 Å². The Balaban J connectivity index is 2.96. The lowest BCUT2D eigenvalue weighted by Gasteiger charge is -1.98. The van der Waals surface area contributed by atoms with Crippen LogP contribution in [0.5, 0.6) is 0 Å². The first kappa shape index (κ1) is 9.78. The van der Waals surface area contributed by atoms with Gasteiger partial charge in [-0.2, -0.15) is 0 Å². The van der Waals surface area contributed by atoms with E-state index in [4.69, 9.17) is 0 Å². The summed E-state index contributed by atoms with van der Waals surface area (Å²) in [6, 6.07) is 6.44. The van der Waals surface area contributed by atoms with Crippen LogP contribution in [0.1, 0.15) is 23.7 Å². The van der Waals surface area contributed by atoms with Crippen molar-refractivity contribution in [3.63, 3.8) is 0 Å². The van der Waals surface area contributed by atoms with Gasteiger partial charge < -0.3 is 0 Å². The number of nitrogens with zero attached hydrogens (tertiary/aromatic N) is 1. The van der Waals surface area contributed by atoms with Crippen molar-refractivity contribution in [3.8, 4) is 0 Å². The number of hydrogen-bond acceptors (Lipinski definition) is 0. The van der Waals surface area contributed by atoms with Crippen LogP contribution in [0.15, 0.2) is 18.2 Å². The zero-order chi connectivity index (χ0) is 10.3. The number of rotatable bonds is 1. The maximum atomic E-state index is 3.59. The van der Waals surface area contributed by atoms with E-state index in [1.165, 1.54) is 27.7 Å². The van der Waals surface area contributed by atoms with Crippen molar-refractivity contribution in [2.45, 2.75) is 27.2 Å². The number of benzene rings is 1. The molecule has 0 amide bonds. The average Bonchev–Trinajstić information content (AvgIpc) is 2.43. The molecule has 0 saturated heterocycles. The summed E-state index contributed by atoms with van der Waals surface area (Å²) < 4.78 is 2.11. The van der Waals surface area contributed by atoms with Crippen LogP contribution in [0.3, 0.4) is 0 Å². The highest BCUT2D eigenvalue weighted by Crippen LogP contribution is 2.30. The summed E-state index contributed by atoms with van der Waals surface area (Å²) in [5.41, 5.74) is 5.41. The molecular formula is C12H14BrN. The molecule has 0 spiro atoms. The van der Waals surface area contributed by atoms with E-state index >= 15 is 0 Å². The van der Waals surface area contributed by atoms with Crippen molar-refractivity contribution in [1.82, 2.24) is 3.59 Å². The fraction of sp³-hybridized carbons (Fsp3) is 0.333. The highest BCUT2D eigenvalue weighted by molar-refractivity contribution is 9.08. The fourth-order valence-corrected chi connectivity index (χ4v) is 2.63. The van der Waals surface area contributed by atoms with Crippen LogP contribution in [0.25, 0.3) is 10.9 Å². The van der Waals surface area contributed by atoms with Crippen LogP contribution in [-0.2, 0) is 6.42 Å². The summed E-state index contributed by atoms with van der Waals surface area (Å²) in [6.45, 7) is 6.54. The van der Waals surface area contributed by atoms with Gasteiger partial charge in [-0.15, -0.1) is 0 Å². The van der Waals surface area contributed by atoms with E-state index in [9.17, 15) is 0 Å². The van der Waals surface area contributed by atoms with E-state index in [1.54, 1.807) is 0 Å². The molecule has 74 valence electrons. The topological polar surface area (TPSA) is 4.93 Å². The van der Waals surface area contributed by atoms with Gasteiger partial charge in [-0.25, -0.2) is 0 Å². The third-order valence-corrected chi connectivity index (χ3v) is 3.76. The minimum atomic E-state index is 1.09. The van der Waals surface area contributed by atoms with Crippen LogP contribution in [0.4, 0.5) is 0 Å². The van der Waals surface area contributed by atoms with Gasteiger partial charge in [-0.1, -0.05) is 19.1 Å². The maximum Gasteiger partial charge on any atom is 0.0600 e. The van der Waals surface area contributed by atoms with Gasteiger partial charge >= 0.3 is 0 Å². The van der Waals surface area contributed by atoms with Crippen molar-refractivity contribution < 1.29 is 0 Å². The van der Waals surface area contributed by atoms with Gasteiger partial charge in [-0.3, -0.25) is 3.59 Å². The SMILES string of the molecule is CCc1c(C)n(Br)c2cccc(C)c12. The molecule has 2 heteroatoms. The van der Waals surface area contributed by atoms with Crippen LogP contribution < -0.4 is 0 Å². The summed E-state index contributed by atoms with van der Waals surface area (Å²) in [4.78, 5) is 0. The Kier molecular flexibility index (Phi) is 2.40. The van der Waals surface area contributed by atoms with Crippen molar-refractivity contribution in [2.24, 2.45) is 0 Å². The van der Waals surface area contributed by atoms with Crippen molar-refractivity contribution >= 4 is 27.1 Å². The summed E-state index contributed by atoms with van der Waals surface area (Å²) in [7, 11) is 0. The first-order valence-electron chi connectivity index (χ1n) is 4.92. The molecule has 0 radical (unpaired) electrons. The first-order valence-corrected chi connectivity index (χ1v) is 5.63. The maximum absolute atomic E-state index is 3.59. The Morgan fingerprint density at radius 3 is 2.64 bits per heavy atom. The van der Waals surface area contributed by atoms with Crippen LogP contribution in [-0.4, -0.2) is 3.59 Å². The molecule has 2 aromatic rings. The zero-order valence-corrected chi connectivity index (χ0v) is 10.4. The number of aromatic nitrogens is 1. The van der Waals surface area contributed by atoms with E-state index in [0.717, 1.165) is 6.42 Å². The minimum absolute atomic E-state index is 1.09. The second-order valence-corrected chi connectivity index (χ2v) is 4.38. The molecule has 0 bridgehead atoms. The van der Waals surface area contributed by atoms with Crippen molar-refractivity contribution in [2.75, 3.05) is 0 Å². The van der Waals surface area contributed by atoms with Gasteiger partial charge in [-0.05, 0) is 37.5 Å². The third kappa shape index (κ3) is 1.21. The fourth-order valence-electron chi connectivity index (χ4n) is 2.12. The van der Waals surface area contributed by atoms with Gasteiger partial charge in [0.1, 0.15) is 0 Å². The predicted octanol–water partition coefficient (Wildman–Crippen LogP) is 3.98. The molecule has 0 N–H and O–H groups in total. The molecule has 0 aliphatic carbocycles. The molecule has 0 fully saturated rings. The van der Waals surface area contributed by atoms with Crippen LogP contribution in [0.2, 0.25) is 0 Å². The van der Waals surface area contributed by atoms with E-state index in [1.807, 2.05) is 0 Å². The third-order valence-electron chi connectivity index (χ3n) is 2.85. The summed E-state index contributed by atoms with van der Waals surface area (Å²) in [5, 5.41) is 1.41. The van der Waals surface area contributed by atoms with E-state index in [2.05, 4.69) is 58.7 Å². The normalized spacial score (nSPS) is 11.1. The Morgan fingerprint density at radius 2 is 2.00 bits per heavy atom. The lowest BCUT2D eigenvalue weighted by molar-refractivity contribution is 1.09. The average molecular weight is 252 g/mol. The molecule has 2 rings (SSSR count). The van der Waals surface area contributed by atoms with Gasteiger partial charge in [0, 0.05) is 11.1 Å². The molecule has 0 unspecified atom stereocenters. The Morgan fingerprint density at radius 1 is 1.29 bits per heavy atom. The van der Waals surface area contributed by atoms with E-state index < -0.39 is 0 Å². The molecule has 0 atom stereocenters. The number of aryl methyl sites for hydroxylation is 2. The predicted molar refractivity (Wildman–Crippen MR) is 65.1 cm³/mol. The largest absolute Gasteiger partial charge is 0.281 e. The van der Waals surface area contributed by atoms with Gasteiger partial charge in [0.05, 0.1) is 21.7 Å². The Bertz CT molecular complexity index is 483. The lowest BCUT2D eigenvalue weighted by atomic mass is 10.0. The summed E-state index contributed by atoms with van der Waals surface area (Å²) in [5.74, 6) is 0. The highest BCUT2D eigenvalue weighted by atomic mass is 79.9. The monoisotopic (exact) mass is 251 g/mol. The Labute approximate surface area is 93.1 Å². The van der Waals surface area contributed by atoms with Crippen molar-refractivity contribution in [1.29, 1.82) is 0 Å². The van der Waals surface area contributed by atoms with E-state index in [-0.39, 0.29) is 0 Å². The van der Waals surface area contributed by atoms with Gasteiger partial charge in [0.2, 0.25) is 0 Å². The number of hydrogen-bond donors (Lipinski definition) is 0. The molecule has 0 aliphatic rings. The molecule has 0 aliphatic heterocycles. The number of halogens is 1. The molecule has 1 aromatic heterocycles. The van der Waals surface area contributed by atoms with Gasteiger partial charge in [0.25, 0.3) is 0 Å². The molecule has 14 heavy (non-hydrogen) atoms. The lowest BCUT2D eigenvalue weighted by Crippen LogP contribution is -1.85.